The average molecular weight is 330 g/mol. The van der Waals surface area contributed by atoms with Crippen molar-refractivity contribution in [1.82, 2.24) is 14.9 Å². The largest absolute Gasteiger partial charge is 0.363 e. The van der Waals surface area contributed by atoms with Crippen molar-refractivity contribution in [2.24, 2.45) is 0 Å². The molecule has 0 saturated heterocycles. The quantitative estimate of drug-likeness (QED) is 0.757. The van der Waals surface area contributed by atoms with Crippen molar-refractivity contribution in [3.63, 3.8) is 0 Å². The lowest BCUT2D eigenvalue weighted by Crippen LogP contribution is -2.32. The Balaban J connectivity index is 2.02. The predicted octanol–water partition coefficient (Wildman–Crippen LogP) is 1.48. The normalized spacial score (nSPS) is 11.3. The molecule has 0 radical (unpaired) electrons. The molecule has 0 unspecified atom stereocenters. The fourth-order valence-corrected chi connectivity index (χ4v) is 3.06. The van der Waals surface area contributed by atoms with Crippen LogP contribution in [0.5, 0.6) is 0 Å². The third-order valence-corrected chi connectivity index (χ3v) is 4.56. The molecule has 7 nitrogen and oxygen atoms in total. The van der Waals surface area contributed by atoms with Gasteiger partial charge in [0.25, 0.3) is 10.0 Å². The van der Waals surface area contributed by atoms with E-state index < -0.39 is 15.7 Å². The first-order chi connectivity index (χ1) is 11.0. The second-order valence-corrected chi connectivity index (χ2v) is 6.62. The van der Waals surface area contributed by atoms with Gasteiger partial charge in [0.2, 0.25) is 0 Å². The monoisotopic (exact) mass is 330 g/mol. The van der Waals surface area contributed by atoms with Gasteiger partial charge in [-0.05, 0) is 19.1 Å². The number of sulfonamides is 1. The summed E-state index contributed by atoms with van der Waals surface area (Å²) < 4.78 is 25.7. The number of aryl methyl sites for hydroxylation is 1. The number of hydrogen-bond donors (Lipinski definition) is 2. The van der Waals surface area contributed by atoms with E-state index in [0.717, 1.165) is 10.2 Å². The van der Waals surface area contributed by atoms with E-state index in [-0.39, 0.29) is 10.7 Å². The third-order valence-electron chi connectivity index (χ3n) is 3.25. The van der Waals surface area contributed by atoms with E-state index in [9.17, 15) is 13.2 Å². The number of aromatic amines is 1. The zero-order chi connectivity index (χ0) is 16.4. The zero-order valence-electron chi connectivity index (χ0n) is 12.2. The van der Waals surface area contributed by atoms with Crippen LogP contribution in [0.4, 0.5) is 0 Å². The molecule has 118 valence electrons. The van der Waals surface area contributed by atoms with Crippen LogP contribution in [-0.2, 0) is 10.0 Å². The number of aromatic nitrogens is 3. The van der Waals surface area contributed by atoms with Crippen LogP contribution < -0.4 is 10.5 Å². The topological polar surface area (TPSA) is 96.8 Å². The number of benzene rings is 2. The van der Waals surface area contributed by atoms with Crippen molar-refractivity contribution in [3.8, 4) is 11.4 Å². The molecule has 1 aromatic heterocycles. The van der Waals surface area contributed by atoms with Gasteiger partial charge in [-0.15, -0.1) is 0 Å². The van der Waals surface area contributed by atoms with E-state index in [1.54, 1.807) is 36.4 Å². The maximum Gasteiger partial charge on any atom is 0.363 e. The van der Waals surface area contributed by atoms with Crippen LogP contribution >= 0.6 is 0 Å². The molecule has 0 aliphatic heterocycles. The molecule has 1 heterocycles. The van der Waals surface area contributed by atoms with Gasteiger partial charge in [-0.3, -0.25) is 0 Å². The lowest BCUT2D eigenvalue weighted by Gasteiger charge is -2.10. The van der Waals surface area contributed by atoms with Crippen molar-refractivity contribution >= 4 is 10.0 Å². The molecule has 2 N–H and O–H groups in total. The Bertz CT molecular complexity index is 974. The molecule has 3 aromatic rings. The van der Waals surface area contributed by atoms with Gasteiger partial charge in [-0.1, -0.05) is 48.0 Å². The van der Waals surface area contributed by atoms with Gasteiger partial charge in [0.15, 0.2) is 5.82 Å². The summed E-state index contributed by atoms with van der Waals surface area (Å²) in [5.74, 6) is 0.186. The van der Waals surface area contributed by atoms with Crippen LogP contribution in [0.3, 0.4) is 0 Å². The maximum absolute atomic E-state index is 12.4. The van der Waals surface area contributed by atoms with Crippen molar-refractivity contribution in [3.05, 3.63) is 70.6 Å². The van der Waals surface area contributed by atoms with E-state index >= 15 is 0 Å². The average Bonchev–Trinajstić information content (AvgIpc) is 2.89. The van der Waals surface area contributed by atoms with E-state index in [4.69, 9.17) is 0 Å². The van der Waals surface area contributed by atoms with Crippen molar-refractivity contribution in [1.29, 1.82) is 0 Å². The molecule has 0 saturated carbocycles. The lowest BCUT2D eigenvalue weighted by atomic mass is 10.2. The molecule has 0 aliphatic carbocycles. The third kappa shape index (κ3) is 3.02. The van der Waals surface area contributed by atoms with Crippen molar-refractivity contribution in [2.45, 2.75) is 11.8 Å². The Hall–Kier alpha value is -2.87. The van der Waals surface area contributed by atoms with Crippen molar-refractivity contribution in [2.75, 3.05) is 4.83 Å². The number of nitrogens with zero attached hydrogens (tertiary/aromatic N) is 2. The fourth-order valence-electron chi connectivity index (χ4n) is 2.05. The second kappa shape index (κ2) is 5.73. The Morgan fingerprint density at radius 3 is 2.35 bits per heavy atom. The van der Waals surface area contributed by atoms with Crippen LogP contribution in [0.1, 0.15) is 5.56 Å². The Morgan fingerprint density at radius 2 is 1.70 bits per heavy atom. The molecule has 0 aliphatic rings. The first-order valence-corrected chi connectivity index (χ1v) is 8.28. The zero-order valence-corrected chi connectivity index (χ0v) is 13.0. The van der Waals surface area contributed by atoms with Gasteiger partial charge < -0.3 is 0 Å². The highest BCUT2D eigenvalue weighted by Crippen LogP contribution is 2.15. The minimum absolute atomic E-state index is 0.0650. The van der Waals surface area contributed by atoms with Crippen LogP contribution in [0.2, 0.25) is 0 Å². The molecule has 0 spiro atoms. The maximum atomic E-state index is 12.4. The standard InChI is InChI=1S/C15H14N4O3S/c1-11-7-9-13(10-8-11)23(21,22)18-19-14(16-17-15(19)20)12-5-3-2-4-6-12/h2-10,18H,1H3,(H,17,20). The highest BCUT2D eigenvalue weighted by atomic mass is 32.2. The van der Waals surface area contributed by atoms with Gasteiger partial charge in [0.1, 0.15) is 0 Å². The Labute approximate surface area is 132 Å². The number of H-pyrrole nitrogens is 1. The molecule has 0 atom stereocenters. The molecular weight excluding hydrogens is 316 g/mol. The minimum atomic E-state index is -3.90. The molecule has 23 heavy (non-hydrogen) atoms. The molecular formula is C15H14N4O3S. The second-order valence-electron chi connectivity index (χ2n) is 4.96. The first-order valence-electron chi connectivity index (χ1n) is 6.80. The fraction of sp³-hybridized carbons (Fsp3) is 0.0667. The number of rotatable bonds is 4. The summed E-state index contributed by atoms with van der Waals surface area (Å²) in [5, 5.41) is 6.13. The Morgan fingerprint density at radius 1 is 1.04 bits per heavy atom. The summed E-state index contributed by atoms with van der Waals surface area (Å²) >= 11 is 0. The smallest absolute Gasteiger partial charge is 0.244 e. The van der Waals surface area contributed by atoms with E-state index in [2.05, 4.69) is 15.0 Å². The number of nitrogens with one attached hydrogen (secondary N) is 2. The minimum Gasteiger partial charge on any atom is -0.244 e. The van der Waals surface area contributed by atoms with Gasteiger partial charge in [-0.2, -0.15) is 18.2 Å². The van der Waals surface area contributed by atoms with Crippen molar-refractivity contribution < 1.29 is 8.42 Å². The van der Waals surface area contributed by atoms with E-state index in [0.29, 0.717) is 5.56 Å². The van der Waals surface area contributed by atoms with Crippen LogP contribution in [0.15, 0.2) is 64.3 Å². The van der Waals surface area contributed by atoms with E-state index in [1.807, 2.05) is 13.0 Å². The summed E-state index contributed by atoms with van der Waals surface area (Å²) in [6.07, 6.45) is 0. The number of hydrogen-bond acceptors (Lipinski definition) is 4. The summed E-state index contributed by atoms with van der Waals surface area (Å²) in [6, 6.07) is 15.1. The highest BCUT2D eigenvalue weighted by Gasteiger charge is 2.19. The summed E-state index contributed by atoms with van der Waals surface area (Å²) in [7, 11) is -3.90. The molecule has 2 aromatic carbocycles. The highest BCUT2D eigenvalue weighted by molar-refractivity contribution is 7.92. The van der Waals surface area contributed by atoms with Gasteiger partial charge in [-0.25, -0.2) is 14.7 Å². The van der Waals surface area contributed by atoms with E-state index in [1.165, 1.54) is 12.1 Å². The molecule has 0 fully saturated rings. The molecule has 0 amide bonds. The van der Waals surface area contributed by atoms with Crippen LogP contribution in [0.25, 0.3) is 11.4 Å². The summed E-state index contributed by atoms with van der Waals surface area (Å²) in [6.45, 7) is 1.86. The molecule has 0 bridgehead atoms. The predicted molar refractivity (Wildman–Crippen MR) is 86.0 cm³/mol. The van der Waals surface area contributed by atoms with Gasteiger partial charge in [0, 0.05) is 5.56 Å². The summed E-state index contributed by atoms with van der Waals surface area (Å²) in [5.41, 5.74) is 0.881. The SMILES string of the molecule is Cc1ccc(S(=O)(=O)Nn2c(-c3ccccc3)n[nH]c2=O)cc1. The molecule has 8 heteroatoms. The Kier molecular flexibility index (Phi) is 3.75. The summed E-state index contributed by atoms with van der Waals surface area (Å²) in [4.78, 5) is 14.2. The van der Waals surface area contributed by atoms with Gasteiger partial charge >= 0.3 is 5.69 Å². The van der Waals surface area contributed by atoms with Crippen LogP contribution in [0, 0.1) is 6.92 Å². The lowest BCUT2D eigenvalue weighted by molar-refractivity contribution is 0.594. The molecule has 3 rings (SSSR count). The first kappa shape index (κ1) is 15.0. The van der Waals surface area contributed by atoms with Crippen LogP contribution in [-0.4, -0.2) is 23.3 Å². The van der Waals surface area contributed by atoms with Gasteiger partial charge in [0.05, 0.1) is 4.90 Å².